The van der Waals surface area contributed by atoms with Crippen LogP contribution in [-0.2, 0) is 14.3 Å². The van der Waals surface area contributed by atoms with Crippen molar-refractivity contribution in [2.75, 3.05) is 13.1 Å². The summed E-state index contributed by atoms with van der Waals surface area (Å²) in [6.07, 6.45) is 6.06. The molecule has 1 aliphatic rings. The Morgan fingerprint density at radius 3 is 2.73 bits per heavy atom. The first-order chi connectivity index (χ1) is 10.6. The second-order valence-corrected chi connectivity index (χ2v) is 7.74. The highest BCUT2D eigenvalue weighted by atomic mass is 79.9. The van der Waals surface area contributed by atoms with E-state index in [1.807, 2.05) is 24.0 Å². The van der Waals surface area contributed by atoms with Gasteiger partial charge in [0.2, 0.25) is 5.91 Å². The molecule has 6 heteroatoms. The number of amides is 1. The number of carbonyl (C=O) groups is 2. The van der Waals surface area contributed by atoms with Gasteiger partial charge in [0.1, 0.15) is 6.10 Å². The van der Waals surface area contributed by atoms with Gasteiger partial charge < -0.3 is 9.64 Å². The number of thiophene rings is 1. The van der Waals surface area contributed by atoms with Gasteiger partial charge >= 0.3 is 5.97 Å². The molecule has 0 aromatic carbocycles. The standard InChI is InChI=1S/C16H20BrNO3S/c1-2-3-15(19)18-10-8-12(9-11-18)21-16(20)7-5-13-4-6-14(17)22-13/h4-7,12H,2-3,8-11H2,1H3. The van der Waals surface area contributed by atoms with E-state index < -0.39 is 0 Å². The fourth-order valence-corrected chi connectivity index (χ4v) is 3.69. The molecule has 0 saturated carbocycles. The summed E-state index contributed by atoms with van der Waals surface area (Å²) in [6.45, 7) is 3.36. The molecule has 1 saturated heterocycles. The van der Waals surface area contributed by atoms with Gasteiger partial charge in [0, 0.05) is 43.3 Å². The largest absolute Gasteiger partial charge is 0.459 e. The Morgan fingerprint density at radius 2 is 2.14 bits per heavy atom. The minimum absolute atomic E-state index is 0.0853. The van der Waals surface area contributed by atoms with Crippen molar-refractivity contribution in [2.24, 2.45) is 0 Å². The monoisotopic (exact) mass is 385 g/mol. The molecule has 1 aliphatic heterocycles. The van der Waals surface area contributed by atoms with Crippen molar-refractivity contribution in [1.29, 1.82) is 0 Å². The summed E-state index contributed by atoms with van der Waals surface area (Å²) >= 11 is 4.95. The average molecular weight is 386 g/mol. The highest BCUT2D eigenvalue weighted by Crippen LogP contribution is 2.23. The van der Waals surface area contributed by atoms with Crippen LogP contribution in [0.5, 0.6) is 0 Å². The molecule has 120 valence electrons. The van der Waals surface area contributed by atoms with Gasteiger partial charge in [0.15, 0.2) is 0 Å². The molecule has 1 fully saturated rings. The van der Waals surface area contributed by atoms with E-state index in [4.69, 9.17) is 4.74 Å². The second-order valence-electron chi connectivity index (χ2n) is 5.24. The van der Waals surface area contributed by atoms with Crippen molar-refractivity contribution in [2.45, 2.75) is 38.7 Å². The van der Waals surface area contributed by atoms with Gasteiger partial charge in [0.25, 0.3) is 0 Å². The molecule has 2 rings (SSSR count). The highest BCUT2D eigenvalue weighted by Gasteiger charge is 2.24. The van der Waals surface area contributed by atoms with Gasteiger partial charge in [0.05, 0.1) is 3.79 Å². The van der Waals surface area contributed by atoms with Crippen LogP contribution in [0.25, 0.3) is 6.08 Å². The maximum Gasteiger partial charge on any atom is 0.331 e. The molecule has 2 heterocycles. The number of likely N-dealkylation sites (tertiary alicyclic amines) is 1. The van der Waals surface area contributed by atoms with Gasteiger partial charge in [-0.3, -0.25) is 4.79 Å². The minimum atomic E-state index is -0.317. The van der Waals surface area contributed by atoms with E-state index in [0.29, 0.717) is 19.5 Å². The number of esters is 1. The summed E-state index contributed by atoms with van der Waals surface area (Å²) in [5.41, 5.74) is 0. The number of rotatable bonds is 5. The van der Waals surface area contributed by atoms with E-state index in [9.17, 15) is 9.59 Å². The second kappa shape index (κ2) is 8.48. The Balaban J connectivity index is 1.74. The zero-order valence-corrected chi connectivity index (χ0v) is 15.0. The molecule has 22 heavy (non-hydrogen) atoms. The quantitative estimate of drug-likeness (QED) is 0.570. The summed E-state index contributed by atoms with van der Waals surface area (Å²) in [4.78, 5) is 26.5. The average Bonchev–Trinajstić information content (AvgIpc) is 2.92. The fraction of sp³-hybridized carbons (Fsp3) is 0.500. The van der Waals surface area contributed by atoms with Crippen LogP contribution in [-0.4, -0.2) is 36.0 Å². The lowest BCUT2D eigenvalue weighted by atomic mass is 10.1. The highest BCUT2D eigenvalue weighted by molar-refractivity contribution is 9.11. The number of carbonyl (C=O) groups excluding carboxylic acids is 2. The first kappa shape index (κ1) is 17.2. The molecular weight excluding hydrogens is 366 g/mol. The lowest BCUT2D eigenvalue weighted by molar-refractivity contribution is -0.146. The summed E-state index contributed by atoms with van der Waals surface area (Å²) < 4.78 is 6.47. The third-order valence-corrected chi connectivity index (χ3v) is 5.11. The molecule has 1 amide bonds. The third-order valence-electron chi connectivity index (χ3n) is 3.52. The zero-order valence-electron chi connectivity index (χ0n) is 12.6. The number of halogens is 1. The van der Waals surface area contributed by atoms with E-state index in [-0.39, 0.29) is 18.0 Å². The van der Waals surface area contributed by atoms with Gasteiger partial charge in [-0.15, -0.1) is 11.3 Å². The van der Waals surface area contributed by atoms with E-state index in [1.165, 1.54) is 6.08 Å². The topological polar surface area (TPSA) is 46.6 Å². The molecule has 0 atom stereocenters. The number of hydrogen-bond donors (Lipinski definition) is 0. The van der Waals surface area contributed by atoms with Crippen LogP contribution >= 0.6 is 27.3 Å². The first-order valence-corrected chi connectivity index (χ1v) is 9.11. The zero-order chi connectivity index (χ0) is 15.9. The maximum absolute atomic E-state index is 11.8. The first-order valence-electron chi connectivity index (χ1n) is 7.50. The Labute approximate surface area is 143 Å². The van der Waals surface area contributed by atoms with Crippen LogP contribution in [0.1, 0.15) is 37.5 Å². The van der Waals surface area contributed by atoms with Gasteiger partial charge in [-0.25, -0.2) is 4.79 Å². The summed E-state index contributed by atoms with van der Waals surface area (Å²) in [6, 6.07) is 3.88. The SMILES string of the molecule is CCCC(=O)N1CCC(OC(=O)C=Cc2ccc(Br)s2)CC1. The number of hydrogen-bond acceptors (Lipinski definition) is 4. The minimum Gasteiger partial charge on any atom is -0.459 e. The molecule has 0 aliphatic carbocycles. The van der Waals surface area contributed by atoms with Gasteiger partial charge in [-0.05, 0) is 40.6 Å². The van der Waals surface area contributed by atoms with Crippen molar-refractivity contribution in [3.05, 3.63) is 26.9 Å². The van der Waals surface area contributed by atoms with E-state index in [0.717, 1.165) is 27.9 Å². The number of nitrogens with zero attached hydrogens (tertiary/aromatic N) is 1. The van der Waals surface area contributed by atoms with E-state index in [2.05, 4.69) is 15.9 Å². The van der Waals surface area contributed by atoms with Crippen LogP contribution in [0.4, 0.5) is 0 Å². The Kier molecular flexibility index (Phi) is 6.64. The fourth-order valence-electron chi connectivity index (χ4n) is 2.37. The normalized spacial score (nSPS) is 16.2. The Bertz CT molecular complexity index is 547. The summed E-state index contributed by atoms with van der Waals surface area (Å²) in [5.74, 6) is -0.113. The van der Waals surface area contributed by atoms with Crippen molar-refractivity contribution < 1.29 is 14.3 Å². The Hall–Kier alpha value is -1.14. The van der Waals surface area contributed by atoms with Crippen LogP contribution in [0.2, 0.25) is 0 Å². The Morgan fingerprint density at radius 1 is 1.41 bits per heavy atom. The molecule has 0 N–H and O–H groups in total. The van der Waals surface area contributed by atoms with Crippen LogP contribution in [0.3, 0.4) is 0 Å². The molecule has 0 spiro atoms. The lowest BCUT2D eigenvalue weighted by Gasteiger charge is -2.31. The summed E-state index contributed by atoms with van der Waals surface area (Å²) in [5, 5.41) is 0. The molecule has 0 bridgehead atoms. The summed E-state index contributed by atoms with van der Waals surface area (Å²) in [7, 11) is 0. The van der Waals surface area contributed by atoms with E-state index in [1.54, 1.807) is 17.4 Å². The number of ether oxygens (including phenoxy) is 1. The van der Waals surface area contributed by atoms with Gasteiger partial charge in [-0.1, -0.05) is 6.92 Å². The molecule has 0 unspecified atom stereocenters. The van der Waals surface area contributed by atoms with Crippen LogP contribution < -0.4 is 0 Å². The third kappa shape index (κ3) is 5.25. The smallest absolute Gasteiger partial charge is 0.331 e. The van der Waals surface area contributed by atoms with Crippen molar-refractivity contribution in [3.8, 4) is 0 Å². The maximum atomic E-state index is 11.8. The van der Waals surface area contributed by atoms with Crippen molar-refractivity contribution in [3.63, 3.8) is 0 Å². The number of piperidine rings is 1. The molecule has 1 aromatic rings. The van der Waals surface area contributed by atoms with Crippen LogP contribution in [0, 0.1) is 0 Å². The van der Waals surface area contributed by atoms with Gasteiger partial charge in [-0.2, -0.15) is 0 Å². The molecular formula is C16H20BrNO3S. The predicted molar refractivity (Wildman–Crippen MR) is 91.7 cm³/mol. The van der Waals surface area contributed by atoms with Crippen molar-refractivity contribution in [1.82, 2.24) is 4.90 Å². The lowest BCUT2D eigenvalue weighted by Crippen LogP contribution is -2.41. The molecule has 0 radical (unpaired) electrons. The molecule has 4 nitrogen and oxygen atoms in total. The van der Waals surface area contributed by atoms with Crippen molar-refractivity contribution >= 4 is 45.2 Å². The van der Waals surface area contributed by atoms with Crippen LogP contribution in [0.15, 0.2) is 22.0 Å². The molecule has 1 aromatic heterocycles. The predicted octanol–water partition coefficient (Wildman–Crippen LogP) is 3.86. The van der Waals surface area contributed by atoms with E-state index >= 15 is 0 Å².